The molecule has 7 heteroatoms. The minimum absolute atomic E-state index is 0.169. The van der Waals surface area contributed by atoms with Crippen LogP contribution < -0.4 is 5.32 Å². The van der Waals surface area contributed by atoms with Crippen LogP contribution in [0.5, 0.6) is 0 Å². The molecule has 2 aliphatic rings. The quantitative estimate of drug-likeness (QED) is 0.766. The fourth-order valence-corrected chi connectivity index (χ4v) is 3.58. The second kappa shape index (κ2) is 6.19. The van der Waals surface area contributed by atoms with E-state index in [0.717, 1.165) is 38.8 Å². The van der Waals surface area contributed by atoms with E-state index in [1.807, 2.05) is 4.90 Å². The first-order chi connectivity index (χ1) is 8.97. The van der Waals surface area contributed by atoms with Gasteiger partial charge in [-0.2, -0.15) is 0 Å². The number of hydrogen-bond donors (Lipinski definition) is 1. The number of hydrogen-bond acceptors (Lipinski definition) is 4. The Morgan fingerprint density at radius 1 is 1.16 bits per heavy atom. The molecular formula is C12H23N3O3S. The van der Waals surface area contributed by atoms with E-state index in [4.69, 9.17) is 0 Å². The molecule has 0 aromatic heterocycles. The highest BCUT2D eigenvalue weighted by atomic mass is 32.2. The van der Waals surface area contributed by atoms with Crippen molar-refractivity contribution in [3.8, 4) is 0 Å². The van der Waals surface area contributed by atoms with Crippen molar-refractivity contribution in [1.29, 1.82) is 0 Å². The molecule has 0 radical (unpaired) electrons. The zero-order valence-electron chi connectivity index (χ0n) is 11.5. The maximum absolute atomic E-state index is 11.9. The molecule has 0 aromatic carbocycles. The molecule has 0 atom stereocenters. The normalized spacial score (nSPS) is 22.9. The van der Waals surface area contributed by atoms with E-state index in [-0.39, 0.29) is 11.9 Å². The first kappa shape index (κ1) is 14.7. The minimum Gasteiger partial charge on any atom is -0.342 e. The summed E-state index contributed by atoms with van der Waals surface area (Å²) in [7, 11) is -3.06. The Labute approximate surface area is 115 Å². The van der Waals surface area contributed by atoms with Crippen molar-refractivity contribution in [2.24, 2.45) is 0 Å². The maximum Gasteiger partial charge on any atom is 0.236 e. The van der Waals surface area contributed by atoms with E-state index in [2.05, 4.69) is 5.32 Å². The third kappa shape index (κ3) is 4.15. The third-order valence-electron chi connectivity index (χ3n) is 3.92. The van der Waals surface area contributed by atoms with Gasteiger partial charge in [0, 0.05) is 32.2 Å². The highest BCUT2D eigenvalue weighted by Gasteiger charge is 2.25. The van der Waals surface area contributed by atoms with Crippen LogP contribution in [0.15, 0.2) is 0 Å². The number of rotatable bonds is 4. The highest BCUT2D eigenvalue weighted by Crippen LogP contribution is 2.13. The summed E-state index contributed by atoms with van der Waals surface area (Å²) in [6.07, 6.45) is 5.02. The summed E-state index contributed by atoms with van der Waals surface area (Å²) < 4.78 is 24.3. The van der Waals surface area contributed by atoms with Crippen molar-refractivity contribution in [3.05, 3.63) is 0 Å². The fraction of sp³-hybridized carbons (Fsp3) is 0.917. The van der Waals surface area contributed by atoms with Gasteiger partial charge in [-0.3, -0.25) is 4.79 Å². The number of carbonyl (C=O) groups excluding carboxylic acids is 1. The number of carbonyl (C=O) groups is 1. The lowest BCUT2D eigenvalue weighted by atomic mass is 10.1. The topological polar surface area (TPSA) is 69.7 Å². The first-order valence-corrected chi connectivity index (χ1v) is 8.78. The van der Waals surface area contributed by atoms with Crippen LogP contribution in [-0.2, 0) is 14.8 Å². The van der Waals surface area contributed by atoms with Gasteiger partial charge in [0.25, 0.3) is 0 Å². The van der Waals surface area contributed by atoms with Crippen LogP contribution in [0, 0.1) is 0 Å². The lowest BCUT2D eigenvalue weighted by Gasteiger charge is -2.31. The molecule has 2 saturated heterocycles. The summed E-state index contributed by atoms with van der Waals surface area (Å²) >= 11 is 0. The Morgan fingerprint density at radius 3 is 2.26 bits per heavy atom. The monoisotopic (exact) mass is 289 g/mol. The number of nitrogens with zero attached hydrogens (tertiary/aromatic N) is 2. The summed E-state index contributed by atoms with van der Waals surface area (Å²) in [6, 6.07) is 0.254. The molecule has 0 bridgehead atoms. The molecule has 0 saturated carbocycles. The third-order valence-corrected chi connectivity index (χ3v) is 5.23. The van der Waals surface area contributed by atoms with Gasteiger partial charge >= 0.3 is 0 Å². The van der Waals surface area contributed by atoms with E-state index in [9.17, 15) is 13.2 Å². The first-order valence-electron chi connectivity index (χ1n) is 6.93. The van der Waals surface area contributed by atoms with Gasteiger partial charge in [0.05, 0.1) is 12.8 Å². The van der Waals surface area contributed by atoms with E-state index >= 15 is 0 Å². The van der Waals surface area contributed by atoms with Crippen molar-refractivity contribution >= 4 is 15.9 Å². The highest BCUT2D eigenvalue weighted by molar-refractivity contribution is 7.88. The molecule has 2 aliphatic heterocycles. The Bertz CT molecular complexity index is 410. The van der Waals surface area contributed by atoms with Crippen LogP contribution in [-0.4, -0.2) is 68.6 Å². The molecule has 1 amide bonds. The van der Waals surface area contributed by atoms with Crippen molar-refractivity contribution in [3.63, 3.8) is 0 Å². The van der Waals surface area contributed by atoms with Gasteiger partial charge in [-0.25, -0.2) is 12.7 Å². The van der Waals surface area contributed by atoms with Crippen LogP contribution >= 0.6 is 0 Å². The molecule has 0 spiro atoms. The van der Waals surface area contributed by atoms with Gasteiger partial charge in [-0.15, -0.1) is 0 Å². The smallest absolute Gasteiger partial charge is 0.236 e. The van der Waals surface area contributed by atoms with Crippen LogP contribution in [0.3, 0.4) is 0 Å². The van der Waals surface area contributed by atoms with E-state index in [1.54, 1.807) is 0 Å². The summed E-state index contributed by atoms with van der Waals surface area (Å²) in [4.78, 5) is 13.8. The van der Waals surface area contributed by atoms with E-state index in [0.29, 0.717) is 19.6 Å². The summed E-state index contributed by atoms with van der Waals surface area (Å²) in [6.45, 7) is 3.24. The molecule has 110 valence electrons. The Balaban J connectivity index is 1.69. The molecule has 2 fully saturated rings. The van der Waals surface area contributed by atoms with Crippen LogP contribution in [0.1, 0.15) is 25.7 Å². The predicted octanol–water partition coefficient (Wildman–Crippen LogP) is -0.378. The van der Waals surface area contributed by atoms with Crippen LogP contribution in [0.4, 0.5) is 0 Å². The molecule has 6 nitrogen and oxygen atoms in total. The number of piperidine rings is 1. The Hall–Kier alpha value is -0.660. The molecule has 1 N–H and O–H groups in total. The van der Waals surface area contributed by atoms with E-state index in [1.165, 1.54) is 10.6 Å². The van der Waals surface area contributed by atoms with Crippen molar-refractivity contribution < 1.29 is 13.2 Å². The van der Waals surface area contributed by atoms with Gasteiger partial charge in [-0.1, -0.05) is 0 Å². The lowest BCUT2D eigenvalue weighted by molar-refractivity contribution is -0.129. The van der Waals surface area contributed by atoms with Gasteiger partial charge < -0.3 is 10.2 Å². The molecule has 0 aliphatic carbocycles. The maximum atomic E-state index is 11.9. The molecule has 2 heterocycles. The van der Waals surface area contributed by atoms with Gasteiger partial charge in [0.1, 0.15) is 0 Å². The Kier molecular flexibility index (Phi) is 4.81. The number of sulfonamides is 1. The molecule has 0 unspecified atom stereocenters. The summed E-state index contributed by atoms with van der Waals surface area (Å²) in [5, 5.41) is 3.26. The minimum atomic E-state index is -3.06. The van der Waals surface area contributed by atoms with Gasteiger partial charge in [0.2, 0.25) is 15.9 Å². The standard InChI is InChI=1S/C12H23N3O3S/c1-19(17,18)15-8-4-11(5-9-15)13-10-12(16)14-6-2-3-7-14/h11,13H,2-10H2,1H3. The summed E-state index contributed by atoms with van der Waals surface area (Å²) in [5.74, 6) is 0.169. The SMILES string of the molecule is CS(=O)(=O)N1CCC(NCC(=O)N2CCCC2)CC1. The average Bonchev–Trinajstić information content (AvgIpc) is 2.89. The number of amides is 1. The van der Waals surface area contributed by atoms with Crippen molar-refractivity contribution in [1.82, 2.24) is 14.5 Å². The zero-order valence-corrected chi connectivity index (χ0v) is 12.3. The van der Waals surface area contributed by atoms with Crippen molar-refractivity contribution in [2.45, 2.75) is 31.7 Å². The predicted molar refractivity (Wildman–Crippen MR) is 73.3 cm³/mol. The molecule has 19 heavy (non-hydrogen) atoms. The Morgan fingerprint density at radius 2 is 1.74 bits per heavy atom. The molecule has 0 aromatic rings. The number of nitrogens with one attached hydrogen (secondary N) is 1. The van der Waals surface area contributed by atoms with Gasteiger partial charge in [0.15, 0.2) is 0 Å². The molecule has 2 rings (SSSR count). The van der Waals surface area contributed by atoms with E-state index < -0.39 is 10.0 Å². The fourth-order valence-electron chi connectivity index (χ4n) is 2.70. The molecular weight excluding hydrogens is 266 g/mol. The van der Waals surface area contributed by atoms with Crippen LogP contribution in [0.2, 0.25) is 0 Å². The van der Waals surface area contributed by atoms with Gasteiger partial charge in [-0.05, 0) is 25.7 Å². The number of likely N-dealkylation sites (tertiary alicyclic amines) is 1. The van der Waals surface area contributed by atoms with Crippen LogP contribution in [0.25, 0.3) is 0 Å². The zero-order chi connectivity index (χ0) is 13.9. The summed E-state index contributed by atoms with van der Waals surface area (Å²) in [5.41, 5.74) is 0. The second-order valence-electron chi connectivity index (χ2n) is 5.41. The average molecular weight is 289 g/mol. The largest absolute Gasteiger partial charge is 0.342 e. The second-order valence-corrected chi connectivity index (χ2v) is 7.39. The lowest BCUT2D eigenvalue weighted by Crippen LogP contribution is -2.47. The van der Waals surface area contributed by atoms with Crippen molar-refractivity contribution in [2.75, 3.05) is 39.0 Å².